The van der Waals surface area contributed by atoms with Crippen molar-refractivity contribution in [3.05, 3.63) is 187 Å². The number of hydrogen-bond acceptors (Lipinski definition) is 5. The Hall–Kier alpha value is -6.73. The topological polar surface area (TPSA) is 54.5 Å². The van der Waals surface area contributed by atoms with E-state index in [0.717, 1.165) is 57.4 Å². The number of aliphatic imine (C=N–C) groups is 1. The molecule has 5 nitrogen and oxygen atoms in total. The van der Waals surface area contributed by atoms with Gasteiger partial charge in [-0.1, -0.05) is 115 Å². The second-order valence-corrected chi connectivity index (χ2v) is 16.2. The fraction of sp³-hybridized carbons (Fsp3) is 0.0784. The van der Waals surface area contributed by atoms with E-state index in [-0.39, 0.29) is 12.3 Å². The average Bonchev–Trinajstić information content (AvgIpc) is 3.95. The predicted octanol–water partition coefficient (Wildman–Crippen LogP) is 13.0. The van der Waals surface area contributed by atoms with E-state index in [1.165, 1.54) is 58.7 Å². The molecular weight excluding hydrogens is 717 g/mol. The van der Waals surface area contributed by atoms with Crippen LogP contribution < -0.4 is 10.6 Å². The third kappa shape index (κ3) is 5.29. The fourth-order valence-corrected chi connectivity index (χ4v) is 10.2. The largest absolute Gasteiger partial charge is 0.456 e. The lowest BCUT2D eigenvalue weighted by Gasteiger charge is -2.34. The SMILES string of the molecule is C1=CCCC(C2NC(c3ccccc3)=NC(c3ccc4c(c3)sc3cccc(-c5ccc6oc7cc(-n8c9ccccc9c9ccccc98)ccc7c6c5)c34)N2)=C1. The molecule has 1 aliphatic heterocycles. The maximum atomic E-state index is 6.56. The van der Waals surface area contributed by atoms with Crippen LogP contribution in [0.2, 0.25) is 0 Å². The molecule has 2 aliphatic rings. The summed E-state index contributed by atoms with van der Waals surface area (Å²) in [5, 5.41) is 14.8. The number of furan rings is 1. The van der Waals surface area contributed by atoms with Crippen LogP contribution in [-0.4, -0.2) is 16.6 Å². The first-order chi connectivity index (χ1) is 28.2. The predicted molar refractivity (Wildman–Crippen MR) is 239 cm³/mol. The van der Waals surface area contributed by atoms with Crippen LogP contribution in [0, 0.1) is 0 Å². The smallest absolute Gasteiger partial charge is 0.137 e. The van der Waals surface area contributed by atoms with E-state index in [9.17, 15) is 0 Å². The Morgan fingerprint density at radius 2 is 1.44 bits per heavy atom. The zero-order valence-corrected chi connectivity index (χ0v) is 31.8. The van der Waals surface area contributed by atoms with E-state index in [1.807, 2.05) is 11.3 Å². The quantitative estimate of drug-likeness (QED) is 0.184. The number of rotatable bonds is 5. The van der Waals surface area contributed by atoms with Gasteiger partial charge in [-0.15, -0.1) is 11.3 Å². The van der Waals surface area contributed by atoms with Gasteiger partial charge in [0.1, 0.15) is 29.3 Å². The second-order valence-electron chi connectivity index (χ2n) is 15.1. The van der Waals surface area contributed by atoms with Gasteiger partial charge >= 0.3 is 0 Å². The molecule has 0 amide bonds. The minimum absolute atomic E-state index is 0.00604. The maximum absolute atomic E-state index is 6.56. The molecule has 0 saturated carbocycles. The van der Waals surface area contributed by atoms with Crippen LogP contribution in [0.4, 0.5) is 0 Å². The van der Waals surface area contributed by atoms with Gasteiger partial charge in [0.2, 0.25) is 0 Å². The standard InChI is InChI=1S/C51H36N4OS/c1-3-12-31(13-4-1)49-52-50(32-14-5-2-6-15-32)54-51(53-49)34-22-25-40-47(29-34)57-46-21-11-18-36(48(40)46)33-23-27-44-41(28-33)39-26-24-35(30-45(39)56-44)55-42-19-9-7-16-37(42)38-17-8-10-20-43(38)55/h1-5,7-14,16-30,50-51,54H,6,15H2,(H,52,53). The number of aromatic nitrogens is 1. The molecule has 2 unspecified atom stereocenters. The van der Waals surface area contributed by atoms with Crippen molar-refractivity contribution in [2.24, 2.45) is 4.99 Å². The third-order valence-corrected chi connectivity index (χ3v) is 12.9. The highest BCUT2D eigenvalue weighted by atomic mass is 32.1. The number of para-hydroxylation sites is 2. The Bertz CT molecular complexity index is 3270. The number of allylic oxidation sites excluding steroid dienone is 3. The van der Waals surface area contributed by atoms with Crippen LogP contribution in [0.25, 0.3) is 80.7 Å². The number of benzene rings is 7. The summed E-state index contributed by atoms with van der Waals surface area (Å²) in [5.41, 5.74) is 11.3. The van der Waals surface area contributed by atoms with Gasteiger partial charge in [0, 0.05) is 59.0 Å². The number of fused-ring (bicyclic) bond motifs is 9. The number of thiophene rings is 1. The molecule has 12 rings (SSSR count). The molecule has 0 bridgehead atoms. The number of amidine groups is 1. The van der Waals surface area contributed by atoms with Gasteiger partial charge in [-0.3, -0.25) is 5.32 Å². The Kier molecular flexibility index (Phi) is 7.37. The molecule has 4 heterocycles. The Morgan fingerprint density at radius 1 is 0.632 bits per heavy atom. The van der Waals surface area contributed by atoms with Gasteiger partial charge in [-0.25, -0.2) is 4.99 Å². The van der Waals surface area contributed by atoms with Gasteiger partial charge < -0.3 is 14.3 Å². The van der Waals surface area contributed by atoms with Gasteiger partial charge in [0.05, 0.1) is 11.0 Å². The van der Waals surface area contributed by atoms with Crippen molar-refractivity contribution in [1.29, 1.82) is 0 Å². The van der Waals surface area contributed by atoms with Gasteiger partial charge in [-0.05, 0) is 83.6 Å². The first kappa shape index (κ1) is 32.5. The summed E-state index contributed by atoms with van der Waals surface area (Å²) in [6.45, 7) is 0. The molecule has 10 aromatic rings. The molecule has 1 aliphatic carbocycles. The molecule has 2 atom stereocenters. The third-order valence-electron chi connectivity index (χ3n) is 11.8. The van der Waals surface area contributed by atoms with Gasteiger partial charge in [0.25, 0.3) is 0 Å². The first-order valence-corrected chi connectivity index (χ1v) is 20.5. The molecule has 0 radical (unpaired) electrons. The van der Waals surface area contributed by atoms with Crippen molar-refractivity contribution in [1.82, 2.24) is 15.2 Å². The van der Waals surface area contributed by atoms with E-state index in [1.54, 1.807) is 0 Å². The van der Waals surface area contributed by atoms with Crippen molar-refractivity contribution >= 4 is 81.1 Å². The first-order valence-electron chi connectivity index (χ1n) is 19.7. The van der Waals surface area contributed by atoms with Gasteiger partial charge in [0.15, 0.2) is 0 Å². The highest BCUT2D eigenvalue weighted by molar-refractivity contribution is 7.26. The average molecular weight is 753 g/mol. The van der Waals surface area contributed by atoms with E-state index in [2.05, 4.69) is 185 Å². The molecule has 7 aromatic carbocycles. The molecule has 272 valence electrons. The monoisotopic (exact) mass is 752 g/mol. The van der Waals surface area contributed by atoms with Crippen LogP contribution in [0.5, 0.6) is 0 Å². The second kappa shape index (κ2) is 12.9. The fourth-order valence-electron chi connectivity index (χ4n) is 9.05. The maximum Gasteiger partial charge on any atom is 0.137 e. The van der Waals surface area contributed by atoms with E-state index < -0.39 is 0 Å². The lowest BCUT2D eigenvalue weighted by Crippen LogP contribution is -2.52. The summed E-state index contributed by atoms with van der Waals surface area (Å²) in [7, 11) is 0. The Labute approximate surface area is 332 Å². The summed E-state index contributed by atoms with van der Waals surface area (Å²) in [4.78, 5) is 5.23. The van der Waals surface area contributed by atoms with Crippen molar-refractivity contribution < 1.29 is 4.42 Å². The van der Waals surface area contributed by atoms with Crippen LogP contribution in [0.1, 0.15) is 30.1 Å². The zero-order valence-electron chi connectivity index (χ0n) is 30.9. The number of hydrogen-bond donors (Lipinski definition) is 2. The molecule has 0 spiro atoms. The molecule has 57 heavy (non-hydrogen) atoms. The minimum atomic E-state index is -0.181. The van der Waals surface area contributed by atoms with E-state index >= 15 is 0 Å². The minimum Gasteiger partial charge on any atom is -0.456 e. The molecule has 2 N–H and O–H groups in total. The highest BCUT2D eigenvalue weighted by Crippen LogP contribution is 2.43. The number of nitrogens with zero attached hydrogens (tertiary/aromatic N) is 2. The van der Waals surface area contributed by atoms with Crippen LogP contribution >= 0.6 is 11.3 Å². The normalized spacial score (nSPS) is 17.2. The molecule has 6 heteroatoms. The summed E-state index contributed by atoms with van der Waals surface area (Å²) in [6.07, 6.45) is 8.55. The van der Waals surface area contributed by atoms with E-state index in [0.29, 0.717) is 0 Å². The van der Waals surface area contributed by atoms with Crippen molar-refractivity contribution in [2.75, 3.05) is 0 Å². The molecule has 3 aromatic heterocycles. The van der Waals surface area contributed by atoms with E-state index in [4.69, 9.17) is 9.41 Å². The van der Waals surface area contributed by atoms with Crippen molar-refractivity contribution in [3.63, 3.8) is 0 Å². The highest BCUT2D eigenvalue weighted by Gasteiger charge is 2.27. The Morgan fingerprint density at radius 3 is 2.26 bits per heavy atom. The van der Waals surface area contributed by atoms with Crippen LogP contribution in [0.15, 0.2) is 185 Å². The number of nitrogens with one attached hydrogen (secondary N) is 2. The molecule has 0 fully saturated rings. The lowest BCUT2D eigenvalue weighted by atomic mass is 9.97. The zero-order chi connectivity index (χ0) is 37.5. The van der Waals surface area contributed by atoms with Gasteiger partial charge in [-0.2, -0.15) is 0 Å². The summed E-state index contributed by atoms with van der Waals surface area (Å²) >= 11 is 1.85. The summed E-state index contributed by atoms with van der Waals surface area (Å²) < 4.78 is 11.4. The molecular formula is C51H36N4OS. The Balaban J connectivity index is 0.934. The van der Waals surface area contributed by atoms with Crippen molar-refractivity contribution in [2.45, 2.75) is 25.2 Å². The summed E-state index contributed by atoms with van der Waals surface area (Å²) in [5.74, 6) is 0.920. The van der Waals surface area contributed by atoms with Crippen LogP contribution in [0.3, 0.4) is 0 Å². The summed E-state index contributed by atoms with van der Waals surface area (Å²) in [6, 6.07) is 54.6. The van der Waals surface area contributed by atoms with Crippen LogP contribution in [-0.2, 0) is 0 Å². The lowest BCUT2D eigenvalue weighted by molar-refractivity contribution is 0.429. The van der Waals surface area contributed by atoms with Crippen molar-refractivity contribution in [3.8, 4) is 16.8 Å². The molecule has 0 saturated heterocycles.